The van der Waals surface area contributed by atoms with E-state index in [-0.39, 0.29) is 0 Å². The quantitative estimate of drug-likeness (QED) is 0.787. The molecule has 20 heavy (non-hydrogen) atoms. The Hall–Kier alpha value is -2.49. The van der Waals surface area contributed by atoms with Crippen LogP contribution in [-0.4, -0.2) is 26.3 Å². The maximum atomic E-state index is 11.6. The molecule has 4 heteroatoms. The zero-order chi connectivity index (χ0) is 14.1. The summed E-state index contributed by atoms with van der Waals surface area (Å²) in [6, 6.07) is 9.68. The number of carbonyl (C=O) groups is 1. The van der Waals surface area contributed by atoms with Crippen LogP contribution in [0.2, 0.25) is 0 Å². The van der Waals surface area contributed by atoms with Gasteiger partial charge in [-0.05, 0) is 12.1 Å². The van der Waals surface area contributed by atoms with Gasteiger partial charge in [0.1, 0.15) is 11.5 Å². The van der Waals surface area contributed by atoms with E-state index in [9.17, 15) is 4.79 Å². The van der Waals surface area contributed by atoms with E-state index in [0.29, 0.717) is 5.75 Å². The van der Waals surface area contributed by atoms with Gasteiger partial charge >= 0.3 is 5.97 Å². The molecule has 2 aromatic rings. The number of rotatable bonds is 2. The maximum absolute atomic E-state index is 11.6. The summed E-state index contributed by atoms with van der Waals surface area (Å²) < 4.78 is 15.9. The second kappa shape index (κ2) is 4.89. The molecule has 0 aliphatic carbocycles. The van der Waals surface area contributed by atoms with Crippen molar-refractivity contribution < 1.29 is 19.0 Å². The van der Waals surface area contributed by atoms with Gasteiger partial charge in [0.15, 0.2) is 0 Å². The molecule has 1 atom stereocenters. The van der Waals surface area contributed by atoms with Crippen LogP contribution in [0.1, 0.15) is 5.56 Å². The van der Waals surface area contributed by atoms with E-state index in [1.165, 1.54) is 7.11 Å². The summed E-state index contributed by atoms with van der Waals surface area (Å²) in [4.78, 5) is 11.6. The molecule has 1 heterocycles. The third kappa shape index (κ3) is 1.90. The monoisotopic (exact) mass is 270 g/mol. The van der Waals surface area contributed by atoms with Gasteiger partial charge in [-0.1, -0.05) is 30.3 Å². The van der Waals surface area contributed by atoms with E-state index in [4.69, 9.17) is 14.2 Å². The van der Waals surface area contributed by atoms with Gasteiger partial charge in [0.2, 0.25) is 6.10 Å². The Bertz CT molecular complexity index is 703. The highest BCUT2D eigenvalue weighted by atomic mass is 16.6. The molecule has 2 aromatic carbocycles. The van der Waals surface area contributed by atoms with Crippen LogP contribution < -0.4 is 9.47 Å². The van der Waals surface area contributed by atoms with Crippen LogP contribution >= 0.6 is 0 Å². The lowest BCUT2D eigenvalue weighted by Gasteiger charge is -2.22. The molecule has 0 aromatic heterocycles. The van der Waals surface area contributed by atoms with Crippen LogP contribution in [0, 0.1) is 0 Å². The van der Waals surface area contributed by atoms with Gasteiger partial charge in [0.25, 0.3) is 0 Å². The largest absolute Gasteiger partial charge is 0.496 e. The first-order valence-corrected chi connectivity index (χ1v) is 6.27. The lowest BCUT2D eigenvalue weighted by Crippen LogP contribution is -2.28. The van der Waals surface area contributed by atoms with E-state index in [1.54, 1.807) is 13.2 Å². The molecule has 102 valence electrons. The molecular weight excluding hydrogens is 256 g/mol. The van der Waals surface area contributed by atoms with E-state index in [1.807, 2.05) is 36.4 Å². The van der Waals surface area contributed by atoms with Crippen molar-refractivity contribution in [2.24, 2.45) is 0 Å². The summed E-state index contributed by atoms with van der Waals surface area (Å²) in [6.45, 7) is 0. The highest BCUT2D eigenvalue weighted by molar-refractivity contribution is 5.97. The molecule has 1 aliphatic rings. The van der Waals surface area contributed by atoms with Gasteiger partial charge in [-0.25, -0.2) is 4.79 Å². The second-order valence-electron chi connectivity index (χ2n) is 4.46. The Morgan fingerprint density at radius 1 is 1.20 bits per heavy atom. The Morgan fingerprint density at radius 2 is 1.95 bits per heavy atom. The van der Waals surface area contributed by atoms with E-state index in [0.717, 1.165) is 22.1 Å². The first-order chi connectivity index (χ1) is 9.74. The van der Waals surface area contributed by atoms with Crippen LogP contribution in [0.4, 0.5) is 0 Å². The van der Waals surface area contributed by atoms with Crippen LogP contribution in [0.3, 0.4) is 0 Å². The molecule has 0 N–H and O–H groups in total. The van der Waals surface area contributed by atoms with E-state index < -0.39 is 12.1 Å². The second-order valence-corrected chi connectivity index (χ2v) is 4.46. The van der Waals surface area contributed by atoms with Crippen molar-refractivity contribution in [3.05, 3.63) is 42.0 Å². The first kappa shape index (κ1) is 12.5. The molecule has 0 saturated carbocycles. The number of ether oxygens (including phenoxy) is 3. The SMILES string of the molecule is COC(=O)C1C=Cc2cc(OC)c3ccccc3c2O1. The van der Waals surface area contributed by atoms with Gasteiger partial charge in [0.05, 0.1) is 14.2 Å². The fourth-order valence-corrected chi connectivity index (χ4v) is 2.36. The molecule has 0 amide bonds. The number of esters is 1. The van der Waals surface area contributed by atoms with Crippen LogP contribution in [-0.2, 0) is 9.53 Å². The lowest BCUT2D eigenvalue weighted by molar-refractivity contribution is -0.146. The van der Waals surface area contributed by atoms with Gasteiger partial charge < -0.3 is 14.2 Å². The van der Waals surface area contributed by atoms with Gasteiger partial charge in [-0.2, -0.15) is 0 Å². The Balaban J connectivity index is 2.18. The Morgan fingerprint density at radius 3 is 2.65 bits per heavy atom. The number of fused-ring (bicyclic) bond motifs is 3. The Labute approximate surface area is 116 Å². The molecule has 0 radical (unpaired) electrons. The van der Waals surface area contributed by atoms with Crippen LogP contribution in [0.15, 0.2) is 36.4 Å². The third-order valence-electron chi connectivity index (χ3n) is 3.33. The summed E-state index contributed by atoms with van der Waals surface area (Å²) in [5.74, 6) is 1.05. The van der Waals surface area contributed by atoms with Gasteiger partial charge in [-0.3, -0.25) is 0 Å². The molecule has 1 aliphatic heterocycles. The summed E-state index contributed by atoms with van der Waals surface area (Å²) in [5, 5.41) is 1.87. The van der Waals surface area contributed by atoms with Gasteiger partial charge in [-0.15, -0.1) is 0 Å². The molecule has 0 fully saturated rings. The molecule has 0 saturated heterocycles. The normalized spacial score (nSPS) is 16.4. The molecule has 1 unspecified atom stereocenters. The standard InChI is InChI=1S/C16H14O4/c1-18-14-9-10-7-8-13(16(17)19-2)20-15(10)12-6-4-3-5-11(12)14/h3-9,13H,1-2H3. The van der Waals surface area contributed by atoms with Crippen molar-refractivity contribution in [2.75, 3.05) is 14.2 Å². The number of methoxy groups -OCH3 is 2. The number of hydrogen-bond acceptors (Lipinski definition) is 4. The fraction of sp³-hybridized carbons (Fsp3) is 0.188. The maximum Gasteiger partial charge on any atom is 0.351 e. The van der Waals surface area contributed by atoms with E-state index in [2.05, 4.69) is 0 Å². The molecule has 4 nitrogen and oxygen atoms in total. The zero-order valence-electron chi connectivity index (χ0n) is 11.3. The van der Waals surface area contributed by atoms with Crippen molar-refractivity contribution in [1.82, 2.24) is 0 Å². The van der Waals surface area contributed by atoms with Gasteiger partial charge in [0, 0.05) is 16.3 Å². The summed E-state index contributed by atoms with van der Waals surface area (Å²) in [6.07, 6.45) is 2.84. The molecule has 0 spiro atoms. The van der Waals surface area contributed by atoms with Crippen molar-refractivity contribution in [1.29, 1.82) is 0 Å². The minimum Gasteiger partial charge on any atom is -0.496 e. The minimum atomic E-state index is -0.704. The molecule has 0 bridgehead atoms. The topological polar surface area (TPSA) is 44.8 Å². The van der Waals surface area contributed by atoms with Crippen molar-refractivity contribution in [3.8, 4) is 11.5 Å². The predicted molar refractivity (Wildman–Crippen MR) is 76.0 cm³/mol. The van der Waals surface area contributed by atoms with Crippen molar-refractivity contribution in [3.63, 3.8) is 0 Å². The highest BCUT2D eigenvalue weighted by Gasteiger charge is 2.25. The highest BCUT2D eigenvalue weighted by Crippen LogP contribution is 2.39. The predicted octanol–water partition coefficient (Wildman–Crippen LogP) is 2.80. The average Bonchev–Trinajstić information content (AvgIpc) is 2.52. The Kier molecular flexibility index (Phi) is 3.06. The number of benzene rings is 2. The van der Waals surface area contributed by atoms with Crippen molar-refractivity contribution in [2.45, 2.75) is 6.10 Å². The average molecular weight is 270 g/mol. The number of carbonyl (C=O) groups excluding carboxylic acids is 1. The minimum absolute atomic E-state index is 0.410. The molecular formula is C16H14O4. The van der Waals surface area contributed by atoms with Crippen LogP contribution in [0.25, 0.3) is 16.8 Å². The van der Waals surface area contributed by atoms with E-state index >= 15 is 0 Å². The fourth-order valence-electron chi connectivity index (χ4n) is 2.36. The third-order valence-corrected chi connectivity index (χ3v) is 3.33. The lowest BCUT2D eigenvalue weighted by atomic mass is 10.0. The summed E-state index contributed by atoms with van der Waals surface area (Å²) in [5.41, 5.74) is 0.890. The molecule has 3 rings (SSSR count). The van der Waals surface area contributed by atoms with Crippen LogP contribution in [0.5, 0.6) is 11.5 Å². The zero-order valence-corrected chi connectivity index (χ0v) is 11.3. The summed E-state index contributed by atoms with van der Waals surface area (Å²) >= 11 is 0. The smallest absolute Gasteiger partial charge is 0.351 e. The first-order valence-electron chi connectivity index (χ1n) is 6.27. The van der Waals surface area contributed by atoms with Crippen molar-refractivity contribution >= 4 is 22.8 Å². The summed E-state index contributed by atoms with van der Waals surface area (Å²) in [7, 11) is 2.99. The number of hydrogen-bond donors (Lipinski definition) is 0.